The van der Waals surface area contributed by atoms with E-state index in [0.717, 1.165) is 37.0 Å². The summed E-state index contributed by atoms with van der Waals surface area (Å²) >= 11 is 0. The monoisotopic (exact) mass is 360 g/mol. The van der Waals surface area contributed by atoms with Gasteiger partial charge in [-0.3, -0.25) is 9.59 Å². The molecule has 7 atom stereocenters. The van der Waals surface area contributed by atoms with Crippen molar-refractivity contribution in [1.82, 2.24) is 0 Å². The Balaban J connectivity index is 1.59. The Kier molecular flexibility index (Phi) is 4.32. The second-order valence-corrected chi connectivity index (χ2v) is 10.6. The van der Waals surface area contributed by atoms with E-state index in [0.29, 0.717) is 16.7 Å². The first-order valence-electron chi connectivity index (χ1n) is 10.9. The standard InChI is InChI=1S/C23H36O3/c1-15(24)23(26-16(2)25)13-12-22(4)17(14-23)7-8-18-19-6-5-10-21(19,3)11-9-20(18)22/h17-20H,5-14H2,1-4H3/t17-,18-,19-,20-,21-,22-,23-/m0/s1. The van der Waals surface area contributed by atoms with Gasteiger partial charge in [0.05, 0.1) is 0 Å². The molecule has 4 aliphatic carbocycles. The van der Waals surface area contributed by atoms with Crippen molar-refractivity contribution in [3.63, 3.8) is 0 Å². The number of ketones is 1. The number of ether oxygens (including phenoxy) is 1. The molecule has 26 heavy (non-hydrogen) atoms. The van der Waals surface area contributed by atoms with Gasteiger partial charge in [0.25, 0.3) is 0 Å². The van der Waals surface area contributed by atoms with E-state index in [1.165, 1.54) is 51.9 Å². The van der Waals surface area contributed by atoms with Crippen LogP contribution in [-0.2, 0) is 14.3 Å². The Morgan fingerprint density at radius 1 is 0.885 bits per heavy atom. The van der Waals surface area contributed by atoms with E-state index in [-0.39, 0.29) is 11.8 Å². The molecule has 3 heteroatoms. The van der Waals surface area contributed by atoms with Gasteiger partial charge in [0.1, 0.15) is 0 Å². The van der Waals surface area contributed by atoms with Gasteiger partial charge in [-0.2, -0.15) is 0 Å². The van der Waals surface area contributed by atoms with E-state index >= 15 is 0 Å². The first-order valence-corrected chi connectivity index (χ1v) is 10.9. The zero-order valence-electron chi connectivity index (χ0n) is 17.1. The van der Waals surface area contributed by atoms with Crippen molar-refractivity contribution in [2.45, 2.75) is 97.5 Å². The summed E-state index contributed by atoms with van der Waals surface area (Å²) in [6.45, 7) is 8.11. The summed E-state index contributed by atoms with van der Waals surface area (Å²) in [5.74, 6) is 2.87. The second kappa shape index (κ2) is 6.07. The minimum Gasteiger partial charge on any atom is -0.451 e. The van der Waals surface area contributed by atoms with Gasteiger partial charge in [0.2, 0.25) is 0 Å². The maximum Gasteiger partial charge on any atom is 0.303 e. The van der Waals surface area contributed by atoms with Crippen LogP contribution in [0.1, 0.15) is 91.9 Å². The van der Waals surface area contributed by atoms with Crippen molar-refractivity contribution in [2.24, 2.45) is 34.5 Å². The van der Waals surface area contributed by atoms with E-state index in [9.17, 15) is 9.59 Å². The smallest absolute Gasteiger partial charge is 0.303 e. The molecule has 0 aromatic heterocycles. The fourth-order valence-electron chi connectivity index (χ4n) is 7.98. The molecule has 0 saturated heterocycles. The summed E-state index contributed by atoms with van der Waals surface area (Å²) in [7, 11) is 0. The highest BCUT2D eigenvalue weighted by Gasteiger charge is 2.60. The molecule has 4 rings (SSSR count). The van der Waals surface area contributed by atoms with Crippen LogP contribution in [0.2, 0.25) is 0 Å². The Morgan fingerprint density at radius 3 is 2.35 bits per heavy atom. The zero-order chi connectivity index (χ0) is 18.7. The van der Waals surface area contributed by atoms with E-state index in [1.807, 2.05) is 0 Å². The molecule has 4 aliphatic rings. The van der Waals surface area contributed by atoms with E-state index in [4.69, 9.17) is 4.74 Å². The molecule has 0 amide bonds. The summed E-state index contributed by atoms with van der Waals surface area (Å²) in [6, 6.07) is 0. The third-order valence-corrected chi connectivity index (χ3v) is 9.47. The van der Waals surface area contributed by atoms with Crippen LogP contribution in [0.4, 0.5) is 0 Å². The highest BCUT2D eigenvalue weighted by Crippen LogP contribution is 2.67. The zero-order valence-corrected chi connectivity index (χ0v) is 17.1. The van der Waals surface area contributed by atoms with Gasteiger partial charge in [-0.05, 0) is 99.2 Å². The molecule has 0 aromatic rings. The van der Waals surface area contributed by atoms with E-state index < -0.39 is 5.60 Å². The minimum atomic E-state index is -0.848. The number of hydrogen-bond acceptors (Lipinski definition) is 3. The van der Waals surface area contributed by atoms with Gasteiger partial charge in [-0.25, -0.2) is 0 Å². The Bertz CT molecular complexity index is 613. The number of fused-ring (bicyclic) bond motifs is 5. The lowest BCUT2D eigenvalue weighted by Gasteiger charge is -2.61. The average Bonchev–Trinajstić information content (AvgIpc) is 2.96. The Hall–Kier alpha value is -0.860. The van der Waals surface area contributed by atoms with Crippen molar-refractivity contribution >= 4 is 11.8 Å². The number of hydrogen-bond donors (Lipinski definition) is 0. The normalized spacial score (nSPS) is 50.3. The number of esters is 1. The molecule has 0 aromatic carbocycles. The van der Waals surface area contributed by atoms with Crippen LogP contribution in [0.25, 0.3) is 0 Å². The molecule has 0 spiro atoms. The number of Topliss-reactive ketones (excluding diaryl/α,β-unsaturated/α-hetero) is 1. The van der Waals surface area contributed by atoms with Crippen LogP contribution in [0.3, 0.4) is 0 Å². The fourth-order valence-corrected chi connectivity index (χ4v) is 7.98. The SMILES string of the molecule is CC(=O)O[C@@]1(C(C)=O)CC[C@@]2(C)[C@@H](CC[C@H]3[C@@H]4CCC[C@@]4(C)CC[C@@H]32)C1. The molecule has 4 fully saturated rings. The average molecular weight is 361 g/mol. The molecule has 3 nitrogen and oxygen atoms in total. The third-order valence-electron chi connectivity index (χ3n) is 9.47. The van der Waals surface area contributed by atoms with Crippen molar-refractivity contribution in [3.8, 4) is 0 Å². The van der Waals surface area contributed by atoms with Gasteiger partial charge in [0, 0.05) is 6.92 Å². The van der Waals surface area contributed by atoms with Crippen molar-refractivity contribution in [1.29, 1.82) is 0 Å². The predicted molar refractivity (Wildman–Crippen MR) is 102 cm³/mol. The molecule has 0 aliphatic heterocycles. The van der Waals surface area contributed by atoms with Crippen LogP contribution in [0, 0.1) is 34.5 Å². The van der Waals surface area contributed by atoms with E-state index in [1.54, 1.807) is 6.92 Å². The number of carbonyl (C=O) groups is 2. The number of carbonyl (C=O) groups excluding carboxylic acids is 2. The quantitative estimate of drug-likeness (QED) is 0.627. The second-order valence-electron chi connectivity index (χ2n) is 10.6. The maximum atomic E-state index is 12.4. The Labute approximate surface area is 158 Å². The first kappa shape index (κ1) is 18.5. The number of rotatable bonds is 2. The first-order chi connectivity index (χ1) is 12.2. The van der Waals surface area contributed by atoms with Gasteiger partial charge in [0.15, 0.2) is 11.4 Å². The van der Waals surface area contributed by atoms with Gasteiger partial charge < -0.3 is 4.74 Å². The molecule has 0 heterocycles. The summed E-state index contributed by atoms with van der Waals surface area (Å²) in [6.07, 6.45) is 12.1. The topological polar surface area (TPSA) is 43.4 Å². The third kappa shape index (κ3) is 2.59. The predicted octanol–water partition coefficient (Wildman–Crippen LogP) is 5.31. The lowest BCUT2D eigenvalue weighted by atomic mass is 9.44. The van der Waals surface area contributed by atoms with Gasteiger partial charge in [-0.1, -0.05) is 20.3 Å². The van der Waals surface area contributed by atoms with Gasteiger partial charge in [-0.15, -0.1) is 0 Å². The minimum absolute atomic E-state index is 0.0453. The van der Waals surface area contributed by atoms with Crippen molar-refractivity contribution < 1.29 is 14.3 Å². The molecule has 146 valence electrons. The van der Waals surface area contributed by atoms with E-state index in [2.05, 4.69) is 13.8 Å². The van der Waals surface area contributed by atoms with Crippen LogP contribution >= 0.6 is 0 Å². The van der Waals surface area contributed by atoms with Crippen molar-refractivity contribution in [3.05, 3.63) is 0 Å². The lowest BCUT2D eigenvalue weighted by Crippen LogP contribution is -2.57. The molecular formula is C23H36O3. The van der Waals surface area contributed by atoms with Crippen LogP contribution in [-0.4, -0.2) is 17.4 Å². The van der Waals surface area contributed by atoms with Gasteiger partial charge >= 0.3 is 5.97 Å². The molecule has 0 bridgehead atoms. The maximum absolute atomic E-state index is 12.4. The summed E-state index contributed by atoms with van der Waals surface area (Å²) in [5.41, 5.74) is 0.0746. The highest BCUT2D eigenvalue weighted by atomic mass is 16.6. The molecular weight excluding hydrogens is 324 g/mol. The molecule has 0 unspecified atom stereocenters. The van der Waals surface area contributed by atoms with Crippen LogP contribution in [0.15, 0.2) is 0 Å². The Morgan fingerprint density at radius 2 is 1.65 bits per heavy atom. The summed E-state index contributed by atoms with van der Waals surface area (Å²) in [4.78, 5) is 24.1. The fraction of sp³-hybridized carbons (Fsp3) is 0.913. The van der Waals surface area contributed by atoms with Crippen molar-refractivity contribution in [2.75, 3.05) is 0 Å². The van der Waals surface area contributed by atoms with Crippen LogP contribution in [0.5, 0.6) is 0 Å². The molecule has 0 radical (unpaired) electrons. The molecule has 4 saturated carbocycles. The van der Waals surface area contributed by atoms with Crippen LogP contribution < -0.4 is 0 Å². The molecule has 0 N–H and O–H groups in total. The summed E-state index contributed by atoms with van der Waals surface area (Å²) in [5, 5.41) is 0. The highest BCUT2D eigenvalue weighted by molar-refractivity contribution is 5.87. The largest absolute Gasteiger partial charge is 0.451 e. The lowest BCUT2D eigenvalue weighted by molar-refractivity contribution is -0.186. The summed E-state index contributed by atoms with van der Waals surface area (Å²) < 4.78 is 5.67.